The second-order valence-corrected chi connectivity index (χ2v) is 8.11. The number of benzene rings is 2. The van der Waals surface area contributed by atoms with Crippen LogP contribution in [0.4, 0.5) is 5.69 Å². The normalized spacial score (nSPS) is 15.9. The lowest BCUT2D eigenvalue weighted by Crippen LogP contribution is -2.43. The van der Waals surface area contributed by atoms with Gasteiger partial charge in [0.05, 0.1) is 18.3 Å². The molecule has 1 fully saturated rings. The van der Waals surface area contributed by atoms with Crippen LogP contribution in [0.5, 0.6) is 17.2 Å². The van der Waals surface area contributed by atoms with Gasteiger partial charge in [-0.05, 0) is 61.8 Å². The Balaban J connectivity index is 1.63. The number of nitrogens with one attached hydrogen (secondary N) is 1. The van der Waals surface area contributed by atoms with Crippen molar-refractivity contribution in [2.45, 2.75) is 25.4 Å². The van der Waals surface area contributed by atoms with E-state index in [9.17, 15) is 4.79 Å². The quantitative estimate of drug-likeness (QED) is 0.683. The van der Waals surface area contributed by atoms with Gasteiger partial charge in [0.15, 0.2) is 11.5 Å². The highest BCUT2D eigenvalue weighted by molar-refractivity contribution is 5.93. The average Bonchev–Trinajstić information content (AvgIpc) is 3.28. The van der Waals surface area contributed by atoms with E-state index in [2.05, 4.69) is 16.3 Å². The summed E-state index contributed by atoms with van der Waals surface area (Å²) in [5, 5.41) is 4.46. The molecule has 162 valence electrons. The van der Waals surface area contributed by atoms with Gasteiger partial charge in [0, 0.05) is 31.1 Å². The van der Waals surface area contributed by atoms with Crippen LogP contribution in [-0.2, 0) is 13.6 Å². The minimum atomic E-state index is -0.0164. The van der Waals surface area contributed by atoms with Gasteiger partial charge in [-0.3, -0.25) is 4.79 Å². The molecule has 3 aromatic rings. The molecule has 0 saturated carbocycles. The summed E-state index contributed by atoms with van der Waals surface area (Å²) < 4.78 is 18.2. The molecule has 1 saturated heterocycles. The van der Waals surface area contributed by atoms with Crippen LogP contribution in [0.25, 0.3) is 10.9 Å². The Kier molecular flexibility index (Phi) is 5.19. The van der Waals surface area contributed by atoms with Crippen LogP contribution in [0.15, 0.2) is 47.3 Å². The zero-order valence-electron chi connectivity index (χ0n) is 17.9. The SMILES string of the molecule is COc1ccc2c(c1)c(N(Cc1ccc3c(c1)OCO3)C1CCNCC1)cc(=O)n2C. The average molecular weight is 421 g/mol. The van der Waals surface area contributed by atoms with E-state index >= 15 is 0 Å². The number of pyridine rings is 1. The third kappa shape index (κ3) is 3.70. The second kappa shape index (κ2) is 8.15. The summed E-state index contributed by atoms with van der Waals surface area (Å²) in [6, 6.07) is 14.1. The van der Waals surface area contributed by atoms with Gasteiger partial charge in [-0.1, -0.05) is 6.07 Å². The van der Waals surface area contributed by atoms with Gasteiger partial charge in [0.25, 0.3) is 5.56 Å². The summed E-state index contributed by atoms with van der Waals surface area (Å²) in [5.41, 5.74) is 2.95. The third-order valence-corrected chi connectivity index (χ3v) is 6.28. The van der Waals surface area contributed by atoms with Crippen LogP contribution in [0.3, 0.4) is 0 Å². The number of aromatic nitrogens is 1. The number of hydrogen-bond acceptors (Lipinski definition) is 6. The minimum Gasteiger partial charge on any atom is -0.497 e. The Bertz CT molecular complexity index is 1170. The highest BCUT2D eigenvalue weighted by Gasteiger charge is 2.25. The number of methoxy groups -OCH3 is 1. The van der Waals surface area contributed by atoms with E-state index in [0.717, 1.165) is 65.3 Å². The molecule has 0 bridgehead atoms. The largest absolute Gasteiger partial charge is 0.497 e. The summed E-state index contributed by atoms with van der Waals surface area (Å²) in [6.07, 6.45) is 2.04. The van der Waals surface area contributed by atoms with Crippen molar-refractivity contribution in [3.63, 3.8) is 0 Å². The lowest BCUT2D eigenvalue weighted by Gasteiger charge is -2.37. The van der Waals surface area contributed by atoms with Gasteiger partial charge < -0.3 is 29.0 Å². The number of anilines is 1. The van der Waals surface area contributed by atoms with E-state index in [0.29, 0.717) is 12.6 Å². The highest BCUT2D eigenvalue weighted by Crippen LogP contribution is 2.36. The fourth-order valence-corrected chi connectivity index (χ4v) is 4.55. The van der Waals surface area contributed by atoms with Gasteiger partial charge in [-0.2, -0.15) is 0 Å². The summed E-state index contributed by atoms with van der Waals surface area (Å²) >= 11 is 0. The maximum atomic E-state index is 12.9. The monoisotopic (exact) mass is 421 g/mol. The summed E-state index contributed by atoms with van der Waals surface area (Å²) in [7, 11) is 3.48. The molecule has 0 spiro atoms. The zero-order valence-corrected chi connectivity index (χ0v) is 17.9. The number of rotatable bonds is 5. The molecule has 31 heavy (non-hydrogen) atoms. The fourth-order valence-electron chi connectivity index (χ4n) is 4.55. The van der Waals surface area contributed by atoms with Crippen molar-refractivity contribution in [2.75, 3.05) is 31.9 Å². The van der Waals surface area contributed by atoms with Crippen molar-refractivity contribution in [3.05, 3.63) is 58.4 Å². The molecule has 7 heteroatoms. The van der Waals surface area contributed by atoms with E-state index in [1.807, 2.05) is 37.4 Å². The van der Waals surface area contributed by atoms with E-state index in [1.54, 1.807) is 17.7 Å². The van der Waals surface area contributed by atoms with Crippen molar-refractivity contribution in [3.8, 4) is 17.2 Å². The zero-order chi connectivity index (χ0) is 21.4. The Hall–Kier alpha value is -3.19. The van der Waals surface area contributed by atoms with Crippen molar-refractivity contribution in [2.24, 2.45) is 7.05 Å². The molecule has 2 aliphatic rings. The first-order valence-corrected chi connectivity index (χ1v) is 10.7. The van der Waals surface area contributed by atoms with Crippen LogP contribution in [0, 0.1) is 0 Å². The van der Waals surface area contributed by atoms with Crippen molar-refractivity contribution in [1.82, 2.24) is 9.88 Å². The number of aryl methyl sites for hydroxylation is 1. The summed E-state index contributed by atoms with van der Waals surface area (Å²) in [6.45, 7) is 2.87. The molecule has 7 nitrogen and oxygen atoms in total. The Morgan fingerprint density at radius 1 is 1.10 bits per heavy atom. The summed E-state index contributed by atoms with van der Waals surface area (Å²) in [4.78, 5) is 15.2. The second-order valence-electron chi connectivity index (χ2n) is 8.11. The Morgan fingerprint density at radius 3 is 2.71 bits per heavy atom. The fraction of sp³-hybridized carbons (Fsp3) is 0.375. The maximum Gasteiger partial charge on any atom is 0.252 e. The van der Waals surface area contributed by atoms with Crippen molar-refractivity contribution < 1.29 is 14.2 Å². The Morgan fingerprint density at radius 2 is 1.90 bits per heavy atom. The molecule has 0 amide bonds. The molecule has 2 aromatic carbocycles. The van der Waals surface area contributed by atoms with Gasteiger partial charge in [-0.25, -0.2) is 0 Å². The first-order chi connectivity index (χ1) is 15.1. The first-order valence-electron chi connectivity index (χ1n) is 10.7. The van der Waals surface area contributed by atoms with Crippen LogP contribution in [-0.4, -0.2) is 37.6 Å². The van der Waals surface area contributed by atoms with Gasteiger partial charge in [0.1, 0.15) is 5.75 Å². The molecule has 0 unspecified atom stereocenters. The lowest BCUT2D eigenvalue weighted by atomic mass is 10.0. The van der Waals surface area contributed by atoms with E-state index in [4.69, 9.17) is 14.2 Å². The first kappa shape index (κ1) is 19.8. The number of fused-ring (bicyclic) bond motifs is 2. The number of piperidine rings is 1. The third-order valence-electron chi connectivity index (χ3n) is 6.28. The van der Waals surface area contributed by atoms with E-state index < -0.39 is 0 Å². The van der Waals surface area contributed by atoms with Crippen LogP contribution in [0.1, 0.15) is 18.4 Å². The van der Waals surface area contributed by atoms with Crippen LogP contribution in [0.2, 0.25) is 0 Å². The predicted molar refractivity (Wildman–Crippen MR) is 120 cm³/mol. The Labute approximate surface area is 181 Å². The van der Waals surface area contributed by atoms with Gasteiger partial charge in [0.2, 0.25) is 6.79 Å². The molecule has 0 radical (unpaired) electrons. The highest BCUT2D eigenvalue weighted by atomic mass is 16.7. The van der Waals surface area contributed by atoms with E-state index in [-0.39, 0.29) is 12.4 Å². The maximum absolute atomic E-state index is 12.9. The summed E-state index contributed by atoms with van der Waals surface area (Å²) in [5.74, 6) is 2.33. The molecule has 0 aliphatic carbocycles. The molecule has 3 heterocycles. The topological polar surface area (TPSA) is 65.0 Å². The van der Waals surface area contributed by atoms with Crippen LogP contribution >= 0.6 is 0 Å². The molecule has 5 rings (SSSR count). The molecular weight excluding hydrogens is 394 g/mol. The van der Waals surface area contributed by atoms with Gasteiger partial charge >= 0.3 is 0 Å². The molecule has 0 atom stereocenters. The number of nitrogens with zero attached hydrogens (tertiary/aromatic N) is 2. The molecular formula is C24H27N3O4. The number of ether oxygens (including phenoxy) is 3. The van der Waals surface area contributed by atoms with Crippen molar-refractivity contribution in [1.29, 1.82) is 0 Å². The molecule has 2 aliphatic heterocycles. The van der Waals surface area contributed by atoms with E-state index in [1.165, 1.54) is 0 Å². The van der Waals surface area contributed by atoms with Gasteiger partial charge in [-0.15, -0.1) is 0 Å². The molecule has 1 N–H and O–H groups in total. The minimum absolute atomic E-state index is 0.0164. The smallest absolute Gasteiger partial charge is 0.252 e. The molecule has 1 aromatic heterocycles. The number of hydrogen-bond donors (Lipinski definition) is 1. The standard InChI is InChI=1S/C24H27N3O4/c1-26-20-5-4-18(29-2)12-19(20)21(13-24(26)28)27(17-7-9-25-10-8-17)14-16-3-6-22-23(11-16)31-15-30-22/h3-6,11-13,17,25H,7-10,14-15H2,1-2H3. The lowest BCUT2D eigenvalue weighted by molar-refractivity contribution is 0.174. The predicted octanol–water partition coefficient (Wildman–Crippen LogP) is 3.03. The van der Waals surface area contributed by atoms with Crippen molar-refractivity contribution >= 4 is 16.6 Å². The van der Waals surface area contributed by atoms with Crippen LogP contribution < -0.4 is 30.0 Å².